The Morgan fingerprint density at radius 3 is 2.54 bits per heavy atom. The second-order valence-corrected chi connectivity index (χ2v) is 6.70. The van der Waals surface area contributed by atoms with Gasteiger partial charge in [-0.15, -0.1) is 0 Å². The lowest BCUT2D eigenvalue weighted by atomic mass is 10.1. The zero-order valence-corrected chi connectivity index (χ0v) is 15.7. The van der Waals surface area contributed by atoms with Gasteiger partial charge in [-0.3, -0.25) is 0 Å². The molecule has 0 aliphatic rings. The van der Waals surface area contributed by atoms with E-state index in [1.165, 1.54) is 7.11 Å². The highest BCUT2D eigenvalue weighted by Gasteiger charge is 2.21. The van der Waals surface area contributed by atoms with Crippen molar-refractivity contribution in [2.45, 2.75) is 33.3 Å². The quantitative estimate of drug-likeness (QED) is 0.551. The molecule has 0 bridgehead atoms. The fraction of sp³-hybridized carbons (Fsp3) is 0.474. The molecule has 0 unspecified atom stereocenters. The van der Waals surface area contributed by atoms with E-state index in [-0.39, 0.29) is 13.2 Å². The van der Waals surface area contributed by atoms with Crippen molar-refractivity contribution >= 4 is 22.9 Å². The SMILES string of the molecule is COCCOC(=O)c1c(C)oc2ccc(OCC(=O)OC(C)(C)C)cc12. The second kappa shape index (κ2) is 8.23. The molecule has 0 saturated heterocycles. The zero-order chi connectivity index (χ0) is 19.3. The van der Waals surface area contributed by atoms with Crippen molar-refractivity contribution in [1.82, 2.24) is 0 Å². The number of aryl methyl sites for hydroxylation is 1. The standard InChI is InChI=1S/C19H24O7/c1-12-17(18(21)23-9-8-22-5)14-10-13(6-7-15(14)25-12)24-11-16(20)26-19(2,3)4/h6-7,10H,8-9,11H2,1-5H3. The van der Waals surface area contributed by atoms with E-state index in [9.17, 15) is 9.59 Å². The molecule has 0 aliphatic carbocycles. The molecule has 0 saturated carbocycles. The number of hydrogen-bond acceptors (Lipinski definition) is 7. The molecule has 1 aromatic carbocycles. The predicted octanol–water partition coefficient (Wildman–Crippen LogP) is 3.26. The lowest BCUT2D eigenvalue weighted by Crippen LogP contribution is -2.27. The molecule has 7 heteroatoms. The van der Waals surface area contributed by atoms with E-state index in [1.54, 1.807) is 45.9 Å². The number of fused-ring (bicyclic) bond motifs is 1. The number of rotatable bonds is 7. The lowest BCUT2D eigenvalue weighted by molar-refractivity contribution is -0.157. The summed E-state index contributed by atoms with van der Waals surface area (Å²) in [7, 11) is 1.53. The van der Waals surface area contributed by atoms with Crippen LogP contribution >= 0.6 is 0 Å². The van der Waals surface area contributed by atoms with Crippen LogP contribution in [0.1, 0.15) is 36.9 Å². The van der Waals surface area contributed by atoms with Gasteiger partial charge in [0, 0.05) is 12.5 Å². The fourth-order valence-corrected chi connectivity index (χ4v) is 2.35. The number of benzene rings is 1. The van der Waals surface area contributed by atoms with Gasteiger partial charge in [-0.1, -0.05) is 0 Å². The van der Waals surface area contributed by atoms with E-state index < -0.39 is 17.5 Å². The average Bonchev–Trinajstić information content (AvgIpc) is 2.86. The van der Waals surface area contributed by atoms with E-state index in [1.807, 2.05) is 0 Å². The molecule has 0 amide bonds. The Kier molecular flexibility index (Phi) is 6.26. The van der Waals surface area contributed by atoms with Crippen LogP contribution in [0.4, 0.5) is 0 Å². The van der Waals surface area contributed by atoms with Gasteiger partial charge in [0.2, 0.25) is 0 Å². The van der Waals surface area contributed by atoms with Gasteiger partial charge in [-0.25, -0.2) is 9.59 Å². The van der Waals surface area contributed by atoms with Crippen LogP contribution in [-0.2, 0) is 19.0 Å². The Bertz CT molecular complexity index is 783. The Hall–Kier alpha value is -2.54. The van der Waals surface area contributed by atoms with E-state index in [0.29, 0.717) is 34.6 Å². The summed E-state index contributed by atoms with van der Waals surface area (Å²) in [6.07, 6.45) is 0. The second-order valence-electron chi connectivity index (χ2n) is 6.70. The van der Waals surface area contributed by atoms with Crippen molar-refractivity contribution in [1.29, 1.82) is 0 Å². The van der Waals surface area contributed by atoms with Crippen molar-refractivity contribution in [3.63, 3.8) is 0 Å². The molecule has 0 radical (unpaired) electrons. The topological polar surface area (TPSA) is 84.2 Å². The lowest BCUT2D eigenvalue weighted by Gasteiger charge is -2.19. The Balaban J connectivity index is 2.15. The van der Waals surface area contributed by atoms with Crippen LogP contribution in [0.5, 0.6) is 5.75 Å². The molecule has 0 fully saturated rings. The first-order chi connectivity index (χ1) is 12.2. The Morgan fingerprint density at radius 2 is 1.88 bits per heavy atom. The summed E-state index contributed by atoms with van der Waals surface area (Å²) in [5.74, 6) is -0.0930. The number of carbonyl (C=O) groups excluding carboxylic acids is 2. The van der Waals surface area contributed by atoms with Crippen LogP contribution in [-0.4, -0.2) is 44.5 Å². The summed E-state index contributed by atoms with van der Waals surface area (Å²) in [6, 6.07) is 4.98. The average molecular weight is 364 g/mol. The van der Waals surface area contributed by atoms with Crippen LogP contribution in [0.15, 0.2) is 22.6 Å². The van der Waals surface area contributed by atoms with Crippen molar-refractivity contribution < 1.29 is 33.0 Å². The fourth-order valence-electron chi connectivity index (χ4n) is 2.35. The highest BCUT2D eigenvalue weighted by molar-refractivity contribution is 6.04. The first kappa shape index (κ1) is 19.8. The highest BCUT2D eigenvalue weighted by atomic mass is 16.6. The minimum atomic E-state index is -0.578. The monoisotopic (exact) mass is 364 g/mol. The number of ether oxygens (including phenoxy) is 4. The van der Waals surface area contributed by atoms with Gasteiger partial charge in [0.25, 0.3) is 0 Å². The molecule has 0 N–H and O–H groups in total. The van der Waals surface area contributed by atoms with Gasteiger partial charge >= 0.3 is 11.9 Å². The third kappa shape index (κ3) is 5.23. The van der Waals surface area contributed by atoms with Gasteiger partial charge in [0.1, 0.15) is 34.9 Å². The summed E-state index contributed by atoms with van der Waals surface area (Å²) in [5.41, 5.74) is 0.287. The molecule has 0 aliphatic heterocycles. The van der Waals surface area contributed by atoms with E-state index in [4.69, 9.17) is 23.4 Å². The Morgan fingerprint density at radius 1 is 1.15 bits per heavy atom. The number of methoxy groups -OCH3 is 1. The molecular formula is C19H24O7. The van der Waals surface area contributed by atoms with Crippen LogP contribution in [0.3, 0.4) is 0 Å². The van der Waals surface area contributed by atoms with Gasteiger partial charge in [0.15, 0.2) is 6.61 Å². The molecule has 7 nitrogen and oxygen atoms in total. The molecule has 142 valence electrons. The van der Waals surface area contributed by atoms with Crippen molar-refractivity contribution in [3.05, 3.63) is 29.5 Å². The third-order valence-electron chi connectivity index (χ3n) is 3.34. The van der Waals surface area contributed by atoms with Gasteiger partial charge < -0.3 is 23.4 Å². The van der Waals surface area contributed by atoms with Crippen LogP contribution < -0.4 is 4.74 Å². The molecule has 26 heavy (non-hydrogen) atoms. The first-order valence-corrected chi connectivity index (χ1v) is 8.25. The van der Waals surface area contributed by atoms with E-state index in [0.717, 1.165) is 0 Å². The Labute approximate surface area is 152 Å². The summed E-state index contributed by atoms with van der Waals surface area (Å²) < 4.78 is 26.3. The molecule has 0 spiro atoms. The summed E-state index contributed by atoms with van der Waals surface area (Å²) in [5, 5.41) is 0.562. The summed E-state index contributed by atoms with van der Waals surface area (Å²) in [6.45, 7) is 7.27. The number of esters is 2. The summed E-state index contributed by atoms with van der Waals surface area (Å²) in [4.78, 5) is 24.1. The predicted molar refractivity (Wildman–Crippen MR) is 94.4 cm³/mol. The van der Waals surface area contributed by atoms with Crippen molar-refractivity contribution in [3.8, 4) is 5.75 Å². The molecule has 1 aromatic heterocycles. The van der Waals surface area contributed by atoms with Crippen molar-refractivity contribution in [2.75, 3.05) is 26.9 Å². The minimum absolute atomic E-state index is 0.149. The summed E-state index contributed by atoms with van der Waals surface area (Å²) >= 11 is 0. The number of carbonyl (C=O) groups is 2. The van der Waals surface area contributed by atoms with Crippen LogP contribution in [0, 0.1) is 6.92 Å². The smallest absolute Gasteiger partial charge is 0.344 e. The van der Waals surface area contributed by atoms with Gasteiger partial charge in [-0.05, 0) is 45.9 Å². The minimum Gasteiger partial charge on any atom is -0.482 e. The largest absolute Gasteiger partial charge is 0.482 e. The molecule has 2 aromatic rings. The maximum absolute atomic E-state index is 12.3. The molecule has 0 atom stereocenters. The van der Waals surface area contributed by atoms with Gasteiger partial charge in [0.05, 0.1) is 6.61 Å². The van der Waals surface area contributed by atoms with E-state index >= 15 is 0 Å². The number of hydrogen-bond donors (Lipinski definition) is 0. The maximum atomic E-state index is 12.3. The maximum Gasteiger partial charge on any atom is 0.344 e. The zero-order valence-electron chi connectivity index (χ0n) is 15.7. The third-order valence-corrected chi connectivity index (χ3v) is 3.34. The van der Waals surface area contributed by atoms with Crippen molar-refractivity contribution in [2.24, 2.45) is 0 Å². The molecule has 2 rings (SSSR count). The number of furan rings is 1. The van der Waals surface area contributed by atoms with Gasteiger partial charge in [-0.2, -0.15) is 0 Å². The van der Waals surface area contributed by atoms with Crippen LogP contribution in [0.2, 0.25) is 0 Å². The first-order valence-electron chi connectivity index (χ1n) is 8.25. The van der Waals surface area contributed by atoms with Crippen LogP contribution in [0.25, 0.3) is 11.0 Å². The molecular weight excluding hydrogens is 340 g/mol. The normalized spacial score (nSPS) is 11.4. The van der Waals surface area contributed by atoms with E-state index in [2.05, 4.69) is 0 Å². The molecule has 1 heterocycles. The highest BCUT2D eigenvalue weighted by Crippen LogP contribution is 2.29.